The van der Waals surface area contributed by atoms with Crippen molar-refractivity contribution >= 4 is 17.1 Å². The number of allylic oxidation sites excluding steroid dienone is 1. The highest BCUT2D eigenvalue weighted by Crippen LogP contribution is 2.41. The summed E-state index contributed by atoms with van der Waals surface area (Å²) in [7, 11) is 0. The Morgan fingerprint density at radius 3 is 2.62 bits per heavy atom. The molecular weight excluding hydrogens is 512 g/mol. The highest BCUT2D eigenvalue weighted by molar-refractivity contribution is 6.01. The van der Waals surface area contributed by atoms with Crippen LogP contribution in [0.25, 0.3) is 11.1 Å². The molecule has 40 heavy (non-hydrogen) atoms. The van der Waals surface area contributed by atoms with E-state index in [0.29, 0.717) is 30.6 Å². The van der Waals surface area contributed by atoms with Crippen LogP contribution in [0.3, 0.4) is 0 Å². The van der Waals surface area contributed by atoms with Crippen molar-refractivity contribution in [2.24, 2.45) is 5.73 Å². The lowest BCUT2D eigenvalue weighted by atomic mass is 9.87. The van der Waals surface area contributed by atoms with E-state index in [9.17, 15) is 9.18 Å². The van der Waals surface area contributed by atoms with Gasteiger partial charge in [-0.1, -0.05) is 18.2 Å². The Morgan fingerprint density at radius 2 is 1.90 bits per heavy atom. The van der Waals surface area contributed by atoms with Crippen molar-refractivity contribution in [3.63, 3.8) is 0 Å². The number of nitrogens with two attached hydrogens (primary N) is 1. The molecule has 0 spiro atoms. The first-order valence-electron chi connectivity index (χ1n) is 14.0. The third-order valence-corrected chi connectivity index (χ3v) is 7.56. The smallest absolute Gasteiger partial charge is 0.248 e. The van der Waals surface area contributed by atoms with Gasteiger partial charge in [-0.25, -0.2) is 0 Å². The monoisotopic (exact) mass is 547 g/mol. The van der Waals surface area contributed by atoms with Crippen molar-refractivity contribution < 1.29 is 23.0 Å². The largest absolute Gasteiger partial charge is 0.489 e. The molecule has 1 unspecified atom stereocenters. The van der Waals surface area contributed by atoms with Crippen LogP contribution >= 0.6 is 0 Å². The second-order valence-electron chi connectivity index (χ2n) is 10.3. The minimum Gasteiger partial charge on any atom is -0.489 e. The zero-order valence-electron chi connectivity index (χ0n) is 22.8. The van der Waals surface area contributed by atoms with Crippen LogP contribution in [-0.4, -0.2) is 54.8 Å². The predicted molar refractivity (Wildman–Crippen MR) is 152 cm³/mol. The predicted octanol–water partition coefficient (Wildman–Crippen LogP) is 5.83. The number of carbonyl (C=O) groups excluding carboxylic acids is 1. The number of pyridine rings is 1. The van der Waals surface area contributed by atoms with Gasteiger partial charge in [-0.15, -0.1) is 0 Å². The van der Waals surface area contributed by atoms with Gasteiger partial charge in [-0.3, -0.25) is 14.1 Å². The summed E-state index contributed by atoms with van der Waals surface area (Å²) in [4.78, 5) is 18.2. The summed E-state index contributed by atoms with van der Waals surface area (Å²) >= 11 is 0. The van der Waals surface area contributed by atoms with Gasteiger partial charge < -0.3 is 15.2 Å². The number of likely N-dealkylation sites (tertiary alicyclic amines) is 1. The van der Waals surface area contributed by atoms with E-state index in [4.69, 9.17) is 15.2 Å². The number of fused-ring (bicyclic) bond motifs is 1. The van der Waals surface area contributed by atoms with Gasteiger partial charge in [0.1, 0.15) is 11.9 Å². The Kier molecular flexibility index (Phi) is 8.75. The van der Waals surface area contributed by atoms with E-state index < -0.39 is 11.9 Å². The van der Waals surface area contributed by atoms with Crippen LogP contribution in [-0.2, 0) is 6.42 Å². The van der Waals surface area contributed by atoms with E-state index in [1.807, 2.05) is 43.3 Å². The van der Waals surface area contributed by atoms with Gasteiger partial charge in [-0.05, 0) is 97.2 Å². The van der Waals surface area contributed by atoms with E-state index >= 15 is 4.39 Å². The van der Waals surface area contributed by atoms with E-state index in [1.54, 1.807) is 18.2 Å². The van der Waals surface area contributed by atoms with Crippen molar-refractivity contribution in [1.82, 2.24) is 9.88 Å². The molecule has 1 aliphatic heterocycles. The van der Waals surface area contributed by atoms with E-state index in [0.717, 1.165) is 72.5 Å². The van der Waals surface area contributed by atoms with Gasteiger partial charge in [0.15, 0.2) is 0 Å². The normalized spacial score (nSPS) is 17.4. The number of ether oxygens (including phenoxy) is 2. The second kappa shape index (κ2) is 12.6. The molecule has 1 aromatic heterocycles. The number of nitrogens with zero attached hydrogens (tertiary/aromatic N) is 2. The van der Waals surface area contributed by atoms with Crippen LogP contribution in [0.5, 0.6) is 11.6 Å². The molecule has 1 fully saturated rings. The lowest BCUT2D eigenvalue weighted by molar-refractivity contribution is 0.1000. The maximum absolute atomic E-state index is 15.4. The summed E-state index contributed by atoms with van der Waals surface area (Å²) in [5, 5.41) is 0. The summed E-state index contributed by atoms with van der Waals surface area (Å²) in [6.07, 6.45) is 3.67. The van der Waals surface area contributed by atoms with Crippen LogP contribution in [0.1, 0.15) is 65.2 Å². The van der Waals surface area contributed by atoms with Gasteiger partial charge in [0.25, 0.3) is 0 Å². The standard InChI is InChI=1S/C32H35F2N3O3/c1-2-39-29-14-13-28(31(34)36-29)27-6-3-5-22-19-23(32(35)38)9-12-26(22)30(27)21-7-10-24(11-8-21)40-25-15-18-37(20-25)17-4-16-33/h7-14,19,25H,2-6,15-18,20H2,1H3,(H2,35,38). The molecule has 2 aromatic carbocycles. The van der Waals surface area contributed by atoms with Gasteiger partial charge >= 0.3 is 0 Å². The average molecular weight is 548 g/mol. The third kappa shape index (κ3) is 6.17. The van der Waals surface area contributed by atoms with Crippen molar-refractivity contribution in [3.8, 4) is 11.6 Å². The van der Waals surface area contributed by atoms with Crippen LogP contribution in [0.4, 0.5) is 8.78 Å². The number of aryl methyl sites for hydroxylation is 1. The van der Waals surface area contributed by atoms with Crippen LogP contribution < -0.4 is 15.2 Å². The minimum atomic E-state index is -0.575. The number of aromatic nitrogens is 1. The van der Waals surface area contributed by atoms with Gasteiger partial charge in [0, 0.05) is 36.8 Å². The average Bonchev–Trinajstić information content (AvgIpc) is 3.31. The number of hydrogen-bond acceptors (Lipinski definition) is 5. The first-order chi connectivity index (χ1) is 19.5. The molecule has 1 aliphatic carbocycles. The van der Waals surface area contributed by atoms with Crippen molar-refractivity contribution in [3.05, 3.63) is 88.4 Å². The zero-order valence-corrected chi connectivity index (χ0v) is 22.8. The molecule has 6 nitrogen and oxygen atoms in total. The highest BCUT2D eigenvalue weighted by Gasteiger charge is 2.25. The molecule has 2 heterocycles. The van der Waals surface area contributed by atoms with Crippen LogP contribution in [0.2, 0.25) is 0 Å². The summed E-state index contributed by atoms with van der Waals surface area (Å²) in [5.74, 6) is -0.0387. The Bertz CT molecular complexity index is 1390. The Morgan fingerprint density at radius 1 is 1.10 bits per heavy atom. The first-order valence-corrected chi connectivity index (χ1v) is 14.0. The van der Waals surface area contributed by atoms with Crippen molar-refractivity contribution in [2.75, 3.05) is 32.9 Å². The number of rotatable bonds is 10. The number of carbonyl (C=O) groups is 1. The van der Waals surface area contributed by atoms with Gasteiger partial charge in [0.05, 0.1) is 13.3 Å². The molecule has 2 aliphatic rings. The number of halogens is 2. The van der Waals surface area contributed by atoms with Gasteiger partial charge in [-0.2, -0.15) is 9.37 Å². The Labute approximate surface area is 233 Å². The molecule has 0 bridgehead atoms. The fourth-order valence-electron chi connectivity index (χ4n) is 5.68. The molecule has 3 aromatic rings. The van der Waals surface area contributed by atoms with Gasteiger partial charge in [0.2, 0.25) is 17.7 Å². The first kappa shape index (κ1) is 27.8. The number of benzene rings is 2. The Balaban J connectivity index is 1.51. The topological polar surface area (TPSA) is 77.7 Å². The number of hydrogen-bond donors (Lipinski definition) is 1. The van der Waals surface area contributed by atoms with Crippen molar-refractivity contribution in [2.45, 2.75) is 45.1 Å². The maximum Gasteiger partial charge on any atom is 0.248 e. The molecule has 1 amide bonds. The molecule has 2 N–H and O–H groups in total. The number of primary amides is 1. The lowest BCUT2D eigenvalue weighted by Gasteiger charge is -2.19. The van der Waals surface area contributed by atoms with Crippen LogP contribution in [0, 0.1) is 5.95 Å². The lowest BCUT2D eigenvalue weighted by Crippen LogP contribution is -2.26. The van der Waals surface area contributed by atoms with E-state index in [2.05, 4.69) is 9.88 Å². The SMILES string of the molecule is CCOc1ccc(C2=C(c3ccc(OC4CCN(CCCF)C4)cc3)c3ccc(C(N)=O)cc3CCC2)c(F)n1. The summed E-state index contributed by atoms with van der Waals surface area (Å²) < 4.78 is 39.6. The summed E-state index contributed by atoms with van der Waals surface area (Å²) in [5.41, 5.74) is 11.1. The zero-order chi connectivity index (χ0) is 28.1. The van der Waals surface area contributed by atoms with Crippen LogP contribution in [0.15, 0.2) is 54.6 Å². The molecule has 1 atom stereocenters. The summed E-state index contributed by atoms with van der Waals surface area (Å²) in [6, 6.07) is 16.8. The third-order valence-electron chi connectivity index (χ3n) is 7.56. The fourth-order valence-corrected chi connectivity index (χ4v) is 5.68. The molecule has 5 rings (SSSR count). The van der Waals surface area contributed by atoms with E-state index in [1.165, 1.54) is 0 Å². The molecule has 1 saturated heterocycles. The summed E-state index contributed by atoms with van der Waals surface area (Å²) in [6.45, 7) is 4.38. The minimum absolute atomic E-state index is 0.0649. The molecular formula is C32H35F2N3O3. The molecule has 8 heteroatoms. The molecule has 0 radical (unpaired) electrons. The van der Waals surface area contributed by atoms with E-state index in [-0.39, 0.29) is 18.7 Å². The quantitative estimate of drug-likeness (QED) is 0.324. The molecule has 0 saturated carbocycles. The molecule has 210 valence electrons. The maximum atomic E-state index is 15.4. The Hall–Kier alpha value is -3.78. The fraction of sp³-hybridized carbons (Fsp3) is 0.375. The number of alkyl halides is 1. The number of amides is 1. The second-order valence-corrected chi connectivity index (χ2v) is 10.3. The highest BCUT2D eigenvalue weighted by atomic mass is 19.1. The van der Waals surface area contributed by atoms with Crippen molar-refractivity contribution in [1.29, 1.82) is 0 Å².